The van der Waals surface area contributed by atoms with E-state index in [2.05, 4.69) is 15.9 Å². The number of phenols is 1. The lowest BCUT2D eigenvalue weighted by molar-refractivity contribution is -0.144. The molecule has 8 heteroatoms. The van der Waals surface area contributed by atoms with Crippen molar-refractivity contribution in [3.63, 3.8) is 0 Å². The number of benzene rings is 2. The van der Waals surface area contributed by atoms with Crippen LogP contribution in [0.1, 0.15) is 42.1 Å². The number of ether oxygens (including phenoxy) is 1. The highest BCUT2D eigenvalue weighted by Crippen LogP contribution is 2.44. The number of ketones is 1. The summed E-state index contributed by atoms with van der Waals surface area (Å²) in [4.78, 5) is 39.2. The molecule has 2 aromatic carbocycles. The fourth-order valence-corrected chi connectivity index (χ4v) is 3.75. The number of amides is 1. The Hall–Kier alpha value is -2.71. The number of aliphatic hydroxyl groups is 1. The smallest absolute Gasteiger partial charge is 0.326 e. The Kier molecular flexibility index (Phi) is 6.58. The summed E-state index contributed by atoms with van der Waals surface area (Å²) in [5.74, 6) is -2.21. The highest BCUT2D eigenvalue weighted by molar-refractivity contribution is 9.10. The molecule has 3 rings (SSSR count). The van der Waals surface area contributed by atoms with Crippen LogP contribution in [-0.2, 0) is 19.9 Å². The Morgan fingerprint density at radius 2 is 1.93 bits per heavy atom. The average molecular weight is 476 g/mol. The Morgan fingerprint density at radius 1 is 1.20 bits per heavy atom. The van der Waals surface area contributed by atoms with Gasteiger partial charge in [-0.3, -0.25) is 19.3 Å². The minimum atomic E-state index is -2.16. The van der Waals surface area contributed by atoms with E-state index in [-0.39, 0.29) is 30.0 Å². The van der Waals surface area contributed by atoms with Gasteiger partial charge in [0.1, 0.15) is 12.3 Å². The van der Waals surface area contributed by atoms with Crippen molar-refractivity contribution >= 4 is 39.3 Å². The normalized spacial score (nSPS) is 17.7. The van der Waals surface area contributed by atoms with Crippen molar-refractivity contribution in [2.24, 2.45) is 0 Å². The Bertz CT molecular complexity index is 991. The monoisotopic (exact) mass is 475 g/mol. The zero-order chi connectivity index (χ0) is 21.9. The van der Waals surface area contributed by atoms with E-state index >= 15 is 0 Å². The minimum Gasteiger partial charge on any atom is -0.507 e. The lowest BCUT2D eigenvalue weighted by Gasteiger charge is -2.22. The number of hydrogen-bond donors (Lipinski definition) is 2. The Labute approximate surface area is 182 Å². The SMILES string of the molecule is CCCCOC(=O)CN1C(=O)[C@](O)(CC(=O)c2ccccc2O)c2cc(Br)ccc21. The largest absolute Gasteiger partial charge is 0.507 e. The van der Waals surface area contributed by atoms with E-state index in [1.807, 2.05) is 6.92 Å². The molecule has 158 valence electrons. The summed E-state index contributed by atoms with van der Waals surface area (Å²) in [6.07, 6.45) is 0.997. The lowest BCUT2D eigenvalue weighted by Crippen LogP contribution is -2.44. The van der Waals surface area contributed by atoms with Gasteiger partial charge >= 0.3 is 5.97 Å². The molecule has 0 unspecified atom stereocenters. The first-order chi connectivity index (χ1) is 14.3. The number of rotatable bonds is 8. The van der Waals surface area contributed by atoms with E-state index in [0.29, 0.717) is 16.6 Å². The van der Waals surface area contributed by atoms with E-state index in [1.165, 1.54) is 12.1 Å². The molecule has 0 aliphatic carbocycles. The van der Waals surface area contributed by atoms with Gasteiger partial charge in [-0.25, -0.2) is 0 Å². The van der Waals surface area contributed by atoms with Crippen LogP contribution in [0.15, 0.2) is 46.9 Å². The van der Waals surface area contributed by atoms with Crippen molar-refractivity contribution in [2.45, 2.75) is 31.8 Å². The molecule has 7 nitrogen and oxygen atoms in total. The van der Waals surface area contributed by atoms with Crippen molar-refractivity contribution in [1.82, 2.24) is 0 Å². The second-order valence-corrected chi connectivity index (χ2v) is 8.02. The van der Waals surface area contributed by atoms with Crippen LogP contribution in [0.25, 0.3) is 0 Å². The quantitative estimate of drug-likeness (QED) is 0.344. The van der Waals surface area contributed by atoms with E-state index in [9.17, 15) is 24.6 Å². The topological polar surface area (TPSA) is 104 Å². The number of aromatic hydroxyl groups is 1. The Balaban J connectivity index is 1.90. The number of esters is 1. The molecule has 1 atom stereocenters. The summed E-state index contributed by atoms with van der Waals surface area (Å²) in [6, 6.07) is 10.8. The van der Waals surface area contributed by atoms with Crippen molar-refractivity contribution in [2.75, 3.05) is 18.1 Å². The van der Waals surface area contributed by atoms with E-state index in [0.717, 1.165) is 11.3 Å². The molecule has 0 aromatic heterocycles. The van der Waals surface area contributed by atoms with Gasteiger partial charge in [0.05, 0.1) is 24.3 Å². The number of carbonyl (C=O) groups excluding carboxylic acids is 3. The first-order valence-corrected chi connectivity index (χ1v) is 10.4. The number of nitrogens with zero attached hydrogens (tertiary/aromatic N) is 1. The molecular formula is C22H22BrNO6. The number of para-hydroxylation sites is 1. The van der Waals surface area contributed by atoms with Crippen LogP contribution in [0, 0.1) is 0 Å². The summed E-state index contributed by atoms with van der Waals surface area (Å²) in [6.45, 7) is 1.85. The molecule has 1 heterocycles. The molecule has 1 amide bonds. The van der Waals surface area contributed by atoms with Crippen LogP contribution in [0.3, 0.4) is 0 Å². The van der Waals surface area contributed by atoms with Gasteiger partial charge in [0, 0.05) is 10.0 Å². The molecule has 0 saturated heterocycles. The number of anilines is 1. The molecule has 0 saturated carbocycles. The van der Waals surface area contributed by atoms with Gasteiger partial charge in [-0.1, -0.05) is 41.4 Å². The number of hydrogen-bond acceptors (Lipinski definition) is 6. The van der Waals surface area contributed by atoms with Crippen LogP contribution in [0.4, 0.5) is 5.69 Å². The fourth-order valence-electron chi connectivity index (χ4n) is 3.39. The summed E-state index contributed by atoms with van der Waals surface area (Å²) in [7, 11) is 0. The van der Waals surface area contributed by atoms with Crippen LogP contribution in [0.5, 0.6) is 5.75 Å². The standard InChI is InChI=1S/C22H22BrNO6/c1-2-3-10-30-20(27)13-24-17-9-8-14(23)11-16(17)22(29,21(24)28)12-19(26)15-6-4-5-7-18(15)25/h4-9,11,25,29H,2-3,10,12-13H2,1H3/t22-/m0/s1. The number of unbranched alkanes of at least 4 members (excludes halogenated alkanes) is 1. The minimum absolute atomic E-state index is 0.00713. The summed E-state index contributed by atoms with van der Waals surface area (Å²) >= 11 is 3.31. The van der Waals surface area contributed by atoms with Crippen LogP contribution >= 0.6 is 15.9 Å². The number of phenolic OH excluding ortho intramolecular Hbond substituents is 1. The summed E-state index contributed by atoms with van der Waals surface area (Å²) in [5, 5.41) is 21.2. The summed E-state index contributed by atoms with van der Waals surface area (Å²) < 4.78 is 5.75. The second kappa shape index (κ2) is 8.97. The lowest BCUT2D eigenvalue weighted by atomic mass is 9.88. The average Bonchev–Trinajstić information content (AvgIpc) is 2.90. The van der Waals surface area contributed by atoms with Gasteiger partial charge in [0.2, 0.25) is 0 Å². The first kappa shape index (κ1) is 22.0. The predicted molar refractivity (Wildman–Crippen MR) is 113 cm³/mol. The van der Waals surface area contributed by atoms with Crippen molar-refractivity contribution in [3.8, 4) is 5.75 Å². The third kappa shape index (κ3) is 4.24. The highest BCUT2D eigenvalue weighted by Gasteiger charge is 2.51. The Morgan fingerprint density at radius 3 is 2.63 bits per heavy atom. The second-order valence-electron chi connectivity index (χ2n) is 7.10. The number of carbonyl (C=O) groups is 3. The van der Waals surface area contributed by atoms with E-state index in [1.54, 1.807) is 30.3 Å². The predicted octanol–water partition coefficient (Wildman–Crippen LogP) is 3.31. The molecule has 0 bridgehead atoms. The molecule has 0 fully saturated rings. The molecule has 2 N–H and O–H groups in total. The van der Waals surface area contributed by atoms with Crippen molar-refractivity contribution in [3.05, 3.63) is 58.1 Å². The number of Topliss-reactive ketones (excluding diaryl/α,β-unsaturated/α-hetero) is 1. The molecule has 2 aromatic rings. The number of halogens is 1. The molecule has 30 heavy (non-hydrogen) atoms. The maximum Gasteiger partial charge on any atom is 0.326 e. The molecule has 1 aliphatic rings. The fraction of sp³-hybridized carbons (Fsp3) is 0.318. The molecule has 0 spiro atoms. The summed E-state index contributed by atoms with van der Waals surface area (Å²) in [5.41, 5.74) is -1.61. The van der Waals surface area contributed by atoms with Crippen molar-refractivity contribution < 1.29 is 29.3 Å². The third-order valence-electron chi connectivity index (χ3n) is 4.96. The van der Waals surface area contributed by atoms with Crippen LogP contribution in [0.2, 0.25) is 0 Å². The van der Waals surface area contributed by atoms with E-state index in [4.69, 9.17) is 4.74 Å². The zero-order valence-electron chi connectivity index (χ0n) is 16.4. The van der Waals surface area contributed by atoms with Gasteiger partial charge in [0.15, 0.2) is 11.4 Å². The van der Waals surface area contributed by atoms with E-state index < -0.39 is 29.7 Å². The van der Waals surface area contributed by atoms with Crippen LogP contribution in [-0.4, -0.2) is 41.0 Å². The molecule has 0 radical (unpaired) electrons. The third-order valence-corrected chi connectivity index (χ3v) is 5.46. The highest BCUT2D eigenvalue weighted by atomic mass is 79.9. The van der Waals surface area contributed by atoms with Crippen LogP contribution < -0.4 is 4.90 Å². The van der Waals surface area contributed by atoms with Gasteiger partial charge in [-0.15, -0.1) is 0 Å². The maximum absolute atomic E-state index is 13.2. The molecule has 1 aliphatic heterocycles. The maximum atomic E-state index is 13.2. The van der Waals surface area contributed by atoms with Gasteiger partial charge in [-0.05, 0) is 36.8 Å². The zero-order valence-corrected chi connectivity index (χ0v) is 18.0. The first-order valence-electron chi connectivity index (χ1n) is 9.59. The van der Waals surface area contributed by atoms with Gasteiger partial charge < -0.3 is 14.9 Å². The molecular weight excluding hydrogens is 454 g/mol. The van der Waals surface area contributed by atoms with Gasteiger partial charge in [-0.2, -0.15) is 0 Å². The number of fused-ring (bicyclic) bond motifs is 1. The van der Waals surface area contributed by atoms with Gasteiger partial charge in [0.25, 0.3) is 5.91 Å². The van der Waals surface area contributed by atoms with Crippen molar-refractivity contribution in [1.29, 1.82) is 0 Å².